The Morgan fingerprint density at radius 1 is 1.33 bits per heavy atom. The van der Waals surface area contributed by atoms with E-state index in [1.54, 1.807) is 0 Å². The molecule has 0 radical (unpaired) electrons. The van der Waals surface area contributed by atoms with Gasteiger partial charge in [0.2, 0.25) is 0 Å². The number of ketones is 1. The van der Waals surface area contributed by atoms with E-state index in [0.717, 1.165) is 6.26 Å². The number of nitrogens with zero attached hydrogens (tertiary/aromatic N) is 1. The van der Waals surface area contributed by atoms with Gasteiger partial charge in [0.25, 0.3) is 0 Å². The molecule has 0 N–H and O–H groups in total. The Hall–Kier alpha value is -0.890. The van der Waals surface area contributed by atoms with Crippen LogP contribution in [0.1, 0.15) is 27.2 Å². The molecule has 0 amide bonds. The summed E-state index contributed by atoms with van der Waals surface area (Å²) in [6.07, 6.45) is 1.43. The molecular weight excluding hydrogens is 214 g/mol. The van der Waals surface area contributed by atoms with E-state index in [1.807, 2.05) is 19.9 Å². The van der Waals surface area contributed by atoms with Gasteiger partial charge in [-0.1, -0.05) is 13.8 Å². The minimum Gasteiger partial charge on any atom is -0.297 e. The van der Waals surface area contributed by atoms with Crippen molar-refractivity contribution < 1.29 is 13.2 Å². The summed E-state index contributed by atoms with van der Waals surface area (Å²) in [4.78, 5) is 11.7. The highest BCUT2D eigenvalue weighted by Crippen LogP contribution is 2.16. The molecule has 0 bridgehead atoms. The first kappa shape index (κ1) is 14.1. The number of rotatable bonds is 5. The molecule has 5 heteroatoms. The Bertz CT molecular complexity index is 365. The van der Waals surface area contributed by atoms with E-state index in [2.05, 4.69) is 0 Å². The highest BCUT2D eigenvalue weighted by atomic mass is 32.2. The van der Waals surface area contributed by atoms with E-state index in [1.165, 1.54) is 6.92 Å². The normalized spacial score (nSPS) is 15.7. The maximum atomic E-state index is 11.7. The van der Waals surface area contributed by atoms with Crippen LogP contribution in [0.25, 0.3) is 0 Å². The van der Waals surface area contributed by atoms with Crippen LogP contribution in [0, 0.1) is 23.2 Å². The first-order valence-electron chi connectivity index (χ1n) is 4.82. The lowest BCUT2D eigenvalue weighted by Gasteiger charge is -2.14. The van der Waals surface area contributed by atoms with Crippen molar-refractivity contribution in [3.63, 3.8) is 0 Å². The predicted octanol–water partition coefficient (Wildman–Crippen LogP) is 1.17. The maximum absolute atomic E-state index is 11.7. The van der Waals surface area contributed by atoms with Crippen LogP contribution >= 0.6 is 0 Å². The van der Waals surface area contributed by atoms with Gasteiger partial charge >= 0.3 is 0 Å². The zero-order chi connectivity index (χ0) is 12.2. The summed E-state index contributed by atoms with van der Waals surface area (Å²) in [7, 11) is -3.39. The van der Waals surface area contributed by atoms with Gasteiger partial charge in [0, 0.05) is 6.26 Å². The average molecular weight is 231 g/mol. The van der Waals surface area contributed by atoms with E-state index >= 15 is 0 Å². The quantitative estimate of drug-likeness (QED) is 0.712. The molecule has 0 aromatic heterocycles. The zero-order valence-electron chi connectivity index (χ0n) is 9.52. The summed E-state index contributed by atoms with van der Waals surface area (Å²) in [6.45, 7) is 5.12. The number of carbonyl (C=O) groups excluding carboxylic acids is 1. The molecule has 0 aliphatic carbocycles. The van der Waals surface area contributed by atoms with Gasteiger partial charge in [-0.2, -0.15) is 5.26 Å². The standard InChI is InChI=1S/C10H17NO3S/c1-7(2)5-9(6-11)10(12)8(3)15(4,13)14/h7-9H,5H2,1-4H3. The van der Waals surface area contributed by atoms with Crippen molar-refractivity contribution in [2.24, 2.45) is 11.8 Å². The molecule has 0 aliphatic heterocycles. The molecule has 0 fully saturated rings. The maximum Gasteiger partial charge on any atom is 0.167 e. The number of carbonyl (C=O) groups is 1. The van der Waals surface area contributed by atoms with Gasteiger partial charge in [0.15, 0.2) is 15.6 Å². The molecule has 0 rings (SSSR count). The SMILES string of the molecule is CC(C)CC(C#N)C(=O)C(C)S(C)(=O)=O. The minimum atomic E-state index is -3.39. The highest BCUT2D eigenvalue weighted by molar-refractivity contribution is 7.92. The molecule has 0 saturated heterocycles. The Balaban J connectivity index is 4.77. The Labute approximate surface area is 91.2 Å². The predicted molar refractivity (Wildman–Crippen MR) is 57.9 cm³/mol. The van der Waals surface area contributed by atoms with Crippen LogP contribution in [0.15, 0.2) is 0 Å². The van der Waals surface area contributed by atoms with Crippen molar-refractivity contribution in [1.82, 2.24) is 0 Å². The van der Waals surface area contributed by atoms with Crippen LogP contribution in [0.5, 0.6) is 0 Å². The zero-order valence-corrected chi connectivity index (χ0v) is 10.3. The first-order valence-corrected chi connectivity index (χ1v) is 6.77. The molecule has 15 heavy (non-hydrogen) atoms. The third kappa shape index (κ3) is 4.43. The second kappa shape index (κ2) is 5.26. The molecule has 0 aliphatic rings. The second-order valence-corrected chi connectivity index (χ2v) is 6.55. The largest absolute Gasteiger partial charge is 0.297 e. The van der Waals surface area contributed by atoms with Gasteiger partial charge in [-0.3, -0.25) is 4.79 Å². The van der Waals surface area contributed by atoms with Crippen molar-refractivity contribution in [2.75, 3.05) is 6.26 Å². The molecule has 0 heterocycles. The summed E-state index contributed by atoms with van der Waals surface area (Å²) in [5, 5.41) is 7.71. The Morgan fingerprint density at radius 2 is 1.80 bits per heavy atom. The van der Waals surface area contributed by atoms with Crippen LogP contribution in [0.3, 0.4) is 0 Å². The van der Waals surface area contributed by atoms with Crippen molar-refractivity contribution in [3.05, 3.63) is 0 Å². The summed E-state index contributed by atoms with van der Waals surface area (Å²) in [5.41, 5.74) is 0. The van der Waals surface area contributed by atoms with Crippen LogP contribution in [0.2, 0.25) is 0 Å². The van der Waals surface area contributed by atoms with Crippen LogP contribution in [0.4, 0.5) is 0 Å². The molecule has 0 spiro atoms. The molecule has 0 aromatic rings. The van der Waals surface area contributed by atoms with Gasteiger partial charge in [0.05, 0.1) is 6.07 Å². The fourth-order valence-electron chi connectivity index (χ4n) is 1.20. The smallest absolute Gasteiger partial charge is 0.167 e. The fourth-order valence-corrected chi connectivity index (χ4v) is 1.78. The lowest BCUT2D eigenvalue weighted by atomic mass is 9.93. The van der Waals surface area contributed by atoms with Crippen molar-refractivity contribution in [3.8, 4) is 6.07 Å². The third-order valence-electron chi connectivity index (χ3n) is 2.25. The molecular formula is C10H17NO3S. The minimum absolute atomic E-state index is 0.199. The molecule has 0 saturated carbocycles. The summed E-state index contributed by atoms with van der Waals surface area (Å²) < 4.78 is 22.3. The number of nitriles is 1. The average Bonchev–Trinajstić information content (AvgIpc) is 2.10. The van der Waals surface area contributed by atoms with E-state index in [9.17, 15) is 13.2 Å². The number of hydrogen-bond acceptors (Lipinski definition) is 4. The Kier molecular flexibility index (Phi) is 4.95. The van der Waals surface area contributed by atoms with E-state index in [4.69, 9.17) is 5.26 Å². The molecule has 4 nitrogen and oxygen atoms in total. The summed E-state index contributed by atoms with van der Waals surface area (Å²) >= 11 is 0. The third-order valence-corrected chi connectivity index (χ3v) is 3.77. The van der Waals surface area contributed by atoms with E-state index in [-0.39, 0.29) is 5.92 Å². The van der Waals surface area contributed by atoms with Gasteiger partial charge in [0.1, 0.15) is 11.2 Å². The van der Waals surface area contributed by atoms with Gasteiger partial charge in [-0.25, -0.2) is 8.42 Å². The molecule has 86 valence electrons. The highest BCUT2D eigenvalue weighted by Gasteiger charge is 2.30. The second-order valence-electron chi connectivity index (χ2n) is 4.19. The monoisotopic (exact) mass is 231 g/mol. The van der Waals surface area contributed by atoms with Crippen LogP contribution in [-0.4, -0.2) is 25.7 Å². The topological polar surface area (TPSA) is 75.0 Å². The fraction of sp³-hybridized carbons (Fsp3) is 0.800. The van der Waals surface area contributed by atoms with Gasteiger partial charge < -0.3 is 0 Å². The van der Waals surface area contributed by atoms with Gasteiger partial charge in [-0.05, 0) is 19.3 Å². The van der Waals surface area contributed by atoms with Crippen LogP contribution in [-0.2, 0) is 14.6 Å². The van der Waals surface area contributed by atoms with Crippen molar-refractivity contribution >= 4 is 15.6 Å². The van der Waals surface area contributed by atoms with E-state index in [0.29, 0.717) is 6.42 Å². The van der Waals surface area contributed by atoms with Gasteiger partial charge in [-0.15, -0.1) is 0 Å². The summed E-state index contributed by atoms with van der Waals surface area (Å²) in [6, 6.07) is 1.87. The first-order chi connectivity index (χ1) is 6.70. The molecule has 2 unspecified atom stereocenters. The lowest BCUT2D eigenvalue weighted by molar-refractivity contribution is -0.121. The Morgan fingerprint density at radius 3 is 2.07 bits per heavy atom. The number of Topliss-reactive ketones (excluding diaryl/α,β-unsaturated/α-hetero) is 1. The molecule has 2 atom stereocenters. The lowest BCUT2D eigenvalue weighted by Crippen LogP contribution is -2.32. The van der Waals surface area contributed by atoms with Crippen molar-refractivity contribution in [1.29, 1.82) is 5.26 Å². The summed E-state index contributed by atoms with van der Waals surface area (Å²) in [5.74, 6) is -1.10. The van der Waals surface area contributed by atoms with E-state index < -0.39 is 26.8 Å². The van der Waals surface area contributed by atoms with Crippen molar-refractivity contribution in [2.45, 2.75) is 32.4 Å². The van der Waals surface area contributed by atoms with Crippen LogP contribution < -0.4 is 0 Å². The molecule has 0 aromatic carbocycles. The number of hydrogen-bond donors (Lipinski definition) is 0. The number of sulfone groups is 1.